The molecule has 5 nitrogen and oxygen atoms in total. The van der Waals surface area contributed by atoms with Gasteiger partial charge in [0.05, 0.1) is 9.40 Å². The van der Waals surface area contributed by atoms with E-state index in [4.69, 9.17) is 5.11 Å². The van der Waals surface area contributed by atoms with E-state index in [1.807, 2.05) is 6.07 Å². The maximum Gasteiger partial charge on any atom is 0.283 e. The molecule has 0 aliphatic rings. The Morgan fingerprint density at radius 3 is 2.68 bits per heavy atom. The van der Waals surface area contributed by atoms with Gasteiger partial charge in [-0.25, -0.2) is 0 Å². The molecular formula is C13H19BrN2O3. The van der Waals surface area contributed by atoms with Gasteiger partial charge in [0.25, 0.3) is 5.69 Å². The van der Waals surface area contributed by atoms with Crippen molar-refractivity contribution < 1.29 is 10.0 Å². The predicted molar refractivity (Wildman–Crippen MR) is 78.0 cm³/mol. The maximum atomic E-state index is 10.8. The van der Waals surface area contributed by atoms with Crippen LogP contribution in [-0.2, 0) is 6.54 Å². The predicted octanol–water partition coefficient (Wildman–Crippen LogP) is 2.85. The SMILES string of the molecule is CC(C)C(CCO)NCc1cccc([N+](=O)[O-])c1Br. The lowest BCUT2D eigenvalue weighted by Crippen LogP contribution is -2.34. The van der Waals surface area contributed by atoms with Crippen molar-refractivity contribution in [3.05, 3.63) is 38.3 Å². The average Bonchev–Trinajstić information content (AvgIpc) is 2.35. The van der Waals surface area contributed by atoms with E-state index in [9.17, 15) is 10.1 Å². The molecule has 2 N–H and O–H groups in total. The van der Waals surface area contributed by atoms with Crippen molar-refractivity contribution in [2.45, 2.75) is 32.9 Å². The van der Waals surface area contributed by atoms with Crippen LogP contribution in [0.4, 0.5) is 5.69 Å². The van der Waals surface area contributed by atoms with Crippen molar-refractivity contribution in [3.8, 4) is 0 Å². The first-order valence-electron chi connectivity index (χ1n) is 6.23. The topological polar surface area (TPSA) is 75.4 Å². The highest BCUT2D eigenvalue weighted by Crippen LogP contribution is 2.28. The van der Waals surface area contributed by atoms with E-state index in [0.29, 0.717) is 23.4 Å². The first-order chi connectivity index (χ1) is 8.97. The first kappa shape index (κ1) is 16.1. The van der Waals surface area contributed by atoms with Crippen LogP contribution in [0.25, 0.3) is 0 Å². The van der Waals surface area contributed by atoms with E-state index in [0.717, 1.165) is 5.56 Å². The van der Waals surface area contributed by atoms with E-state index in [2.05, 4.69) is 35.1 Å². The lowest BCUT2D eigenvalue weighted by Gasteiger charge is -2.21. The number of halogens is 1. The normalized spacial score (nSPS) is 12.7. The molecule has 0 spiro atoms. The monoisotopic (exact) mass is 330 g/mol. The van der Waals surface area contributed by atoms with Crippen molar-refractivity contribution in [3.63, 3.8) is 0 Å². The fraction of sp³-hybridized carbons (Fsp3) is 0.538. The number of hydrogen-bond donors (Lipinski definition) is 2. The molecule has 0 saturated heterocycles. The molecule has 0 aliphatic heterocycles. The molecule has 0 radical (unpaired) electrons. The highest BCUT2D eigenvalue weighted by atomic mass is 79.9. The third-order valence-corrected chi connectivity index (χ3v) is 3.97. The summed E-state index contributed by atoms with van der Waals surface area (Å²) in [6.07, 6.45) is 0.671. The largest absolute Gasteiger partial charge is 0.396 e. The molecule has 0 bridgehead atoms. The summed E-state index contributed by atoms with van der Waals surface area (Å²) < 4.78 is 0.513. The number of hydrogen-bond acceptors (Lipinski definition) is 4. The molecule has 0 fully saturated rings. The summed E-state index contributed by atoms with van der Waals surface area (Å²) in [4.78, 5) is 10.4. The average molecular weight is 331 g/mol. The summed E-state index contributed by atoms with van der Waals surface area (Å²) in [5.41, 5.74) is 0.917. The summed E-state index contributed by atoms with van der Waals surface area (Å²) in [5.74, 6) is 0.393. The van der Waals surface area contributed by atoms with Gasteiger partial charge in [0, 0.05) is 25.3 Å². The van der Waals surface area contributed by atoms with Crippen molar-refractivity contribution in [2.75, 3.05) is 6.61 Å². The number of aliphatic hydroxyl groups is 1. The number of benzene rings is 1. The number of nitro benzene ring substituents is 1. The van der Waals surface area contributed by atoms with E-state index in [1.54, 1.807) is 6.07 Å². The van der Waals surface area contributed by atoms with Gasteiger partial charge in [-0.1, -0.05) is 26.0 Å². The Balaban J connectivity index is 2.77. The van der Waals surface area contributed by atoms with Gasteiger partial charge in [-0.2, -0.15) is 0 Å². The zero-order valence-corrected chi connectivity index (χ0v) is 12.7. The van der Waals surface area contributed by atoms with Crippen molar-refractivity contribution in [2.24, 2.45) is 5.92 Å². The molecule has 0 aliphatic carbocycles. The van der Waals surface area contributed by atoms with Crippen LogP contribution < -0.4 is 5.32 Å². The molecule has 1 unspecified atom stereocenters. The van der Waals surface area contributed by atoms with E-state index >= 15 is 0 Å². The molecule has 6 heteroatoms. The lowest BCUT2D eigenvalue weighted by atomic mass is 10.0. The lowest BCUT2D eigenvalue weighted by molar-refractivity contribution is -0.385. The summed E-state index contributed by atoms with van der Waals surface area (Å²) in [6, 6.07) is 5.19. The second-order valence-corrected chi connectivity index (χ2v) is 5.54. The second-order valence-electron chi connectivity index (χ2n) is 4.75. The minimum atomic E-state index is -0.402. The molecular weight excluding hydrogens is 312 g/mol. The highest BCUT2D eigenvalue weighted by Gasteiger charge is 2.17. The Morgan fingerprint density at radius 2 is 2.16 bits per heavy atom. The molecule has 0 heterocycles. The molecule has 1 aromatic carbocycles. The van der Waals surface area contributed by atoms with Crippen LogP contribution in [0.3, 0.4) is 0 Å². The fourth-order valence-corrected chi connectivity index (χ4v) is 2.44. The summed E-state index contributed by atoms with van der Waals surface area (Å²) in [5, 5.41) is 23.2. The van der Waals surface area contributed by atoms with E-state index < -0.39 is 4.92 Å². The Hall–Kier alpha value is -0.980. The molecule has 0 amide bonds. The van der Waals surface area contributed by atoms with Gasteiger partial charge in [-0.05, 0) is 33.8 Å². The number of aliphatic hydroxyl groups excluding tert-OH is 1. The Bertz CT molecular complexity index is 438. The number of nitro groups is 1. The van der Waals surface area contributed by atoms with E-state index in [-0.39, 0.29) is 18.3 Å². The third-order valence-electron chi connectivity index (χ3n) is 3.05. The molecule has 1 rings (SSSR count). The van der Waals surface area contributed by atoms with Crippen LogP contribution in [0.2, 0.25) is 0 Å². The summed E-state index contributed by atoms with van der Waals surface area (Å²) in [6.45, 7) is 4.82. The molecule has 1 aromatic rings. The van der Waals surface area contributed by atoms with Crippen LogP contribution >= 0.6 is 15.9 Å². The Labute approximate surface area is 121 Å². The van der Waals surface area contributed by atoms with Crippen molar-refractivity contribution in [1.29, 1.82) is 0 Å². The minimum Gasteiger partial charge on any atom is -0.396 e. The number of nitrogens with one attached hydrogen (secondary N) is 1. The summed E-state index contributed by atoms with van der Waals surface area (Å²) in [7, 11) is 0. The van der Waals surface area contributed by atoms with Crippen molar-refractivity contribution in [1.82, 2.24) is 5.32 Å². The maximum absolute atomic E-state index is 10.8. The van der Waals surface area contributed by atoms with Crippen LogP contribution in [0.1, 0.15) is 25.8 Å². The van der Waals surface area contributed by atoms with Gasteiger partial charge in [-0.15, -0.1) is 0 Å². The van der Waals surface area contributed by atoms with Crippen LogP contribution in [0, 0.1) is 16.0 Å². The Kier molecular flexibility index (Phi) is 6.41. The van der Waals surface area contributed by atoms with Gasteiger partial charge in [-0.3, -0.25) is 10.1 Å². The van der Waals surface area contributed by atoms with Gasteiger partial charge >= 0.3 is 0 Å². The van der Waals surface area contributed by atoms with Gasteiger partial charge in [0.2, 0.25) is 0 Å². The number of nitrogens with zero attached hydrogens (tertiary/aromatic N) is 1. The van der Waals surface area contributed by atoms with Crippen LogP contribution in [0.5, 0.6) is 0 Å². The standard InChI is InChI=1S/C13H19BrN2O3/c1-9(2)11(6-7-17)15-8-10-4-3-5-12(13(10)14)16(18)19/h3-5,9,11,15,17H,6-8H2,1-2H3. The number of rotatable bonds is 7. The van der Waals surface area contributed by atoms with Crippen LogP contribution in [0.15, 0.2) is 22.7 Å². The smallest absolute Gasteiger partial charge is 0.283 e. The minimum absolute atomic E-state index is 0.0718. The Morgan fingerprint density at radius 1 is 1.47 bits per heavy atom. The molecule has 0 aromatic heterocycles. The quantitative estimate of drug-likeness (QED) is 0.595. The fourth-order valence-electron chi connectivity index (χ4n) is 1.90. The van der Waals surface area contributed by atoms with Gasteiger partial charge in [0.15, 0.2) is 0 Å². The molecule has 0 saturated carbocycles. The third kappa shape index (κ3) is 4.56. The van der Waals surface area contributed by atoms with E-state index in [1.165, 1.54) is 6.07 Å². The van der Waals surface area contributed by atoms with Crippen LogP contribution in [-0.4, -0.2) is 22.7 Å². The zero-order chi connectivity index (χ0) is 14.4. The van der Waals surface area contributed by atoms with Crippen molar-refractivity contribution >= 4 is 21.6 Å². The second kappa shape index (κ2) is 7.57. The molecule has 1 atom stereocenters. The highest BCUT2D eigenvalue weighted by molar-refractivity contribution is 9.10. The summed E-state index contributed by atoms with van der Waals surface area (Å²) >= 11 is 3.28. The van der Waals surface area contributed by atoms with Gasteiger partial charge in [0.1, 0.15) is 0 Å². The molecule has 19 heavy (non-hydrogen) atoms. The van der Waals surface area contributed by atoms with Gasteiger partial charge < -0.3 is 10.4 Å². The first-order valence-corrected chi connectivity index (χ1v) is 7.02. The zero-order valence-electron chi connectivity index (χ0n) is 11.1. The molecule has 106 valence electrons.